The van der Waals surface area contributed by atoms with Gasteiger partial charge in [-0.25, -0.2) is 9.97 Å². The van der Waals surface area contributed by atoms with Gasteiger partial charge in [-0.3, -0.25) is 0 Å². The van der Waals surface area contributed by atoms with Gasteiger partial charge in [-0.05, 0) is 117 Å². The van der Waals surface area contributed by atoms with Crippen LogP contribution in [0.4, 0.5) is 0 Å². The number of aromatic nitrogens is 3. The van der Waals surface area contributed by atoms with Gasteiger partial charge in [0.05, 0.1) is 22.2 Å². The van der Waals surface area contributed by atoms with Crippen molar-refractivity contribution in [3.8, 4) is 50.3 Å². The van der Waals surface area contributed by atoms with Gasteiger partial charge in [0, 0.05) is 48.5 Å². The van der Waals surface area contributed by atoms with Crippen molar-refractivity contribution in [3.63, 3.8) is 0 Å². The second-order valence-corrected chi connectivity index (χ2v) is 17.4. The highest BCUT2D eigenvalue weighted by Crippen LogP contribution is 2.52. The summed E-state index contributed by atoms with van der Waals surface area (Å²) in [7, 11) is 0. The van der Waals surface area contributed by atoms with Crippen molar-refractivity contribution in [1.29, 1.82) is 0 Å². The van der Waals surface area contributed by atoms with Crippen LogP contribution in [-0.2, 0) is 6.42 Å². The fourth-order valence-corrected chi connectivity index (χ4v) is 11.4. The van der Waals surface area contributed by atoms with Crippen molar-refractivity contribution >= 4 is 55.2 Å². The summed E-state index contributed by atoms with van der Waals surface area (Å²) in [6.07, 6.45) is 1.87. The highest BCUT2D eigenvalue weighted by Gasteiger charge is 2.28. The Balaban J connectivity index is 0.986. The molecule has 1 unspecified atom stereocenters. The summed E-state index contributed by atoms with van der Waals surface area (Å²) in [5, 5.41) is 6.30. The third-order valence-electron chi connectivity index (χ3n) is 13.0. The third kappa shape index (κ3) is 5.39. The molecular weight excluding hydrogens is 759 g/mol. The Bertz CT molecular complexity index is 3570. The zero-order chi connectivity index (χ0) is 40.0. The van der Waals surface area contributed by atoms with Crippen LogP contribution in [0, 0.1) is 0 Å². The Kier molecular flexibility index (Phi) is 7.73. The molecule has 0 saturated heterocycles. The van der Waals surface area contributed by atoms with Crippen LogP contribution >= 0.6 is 11.8 Å². The lowest BCUT2D eigenvalue weighted by Crippen LogP contribution is -2.08. The molecule has 61 heavy (non-hydrogen) atoms. The van der Waals surface area contributed by atoms with Crippen molar-refractivity contribution in [2.45, 2.75) is 28.6 Å². The average Bonchev–Trinajstić information content (AvgIpc) is 3.56. The fraction of sp³-hybridized carbons (Fsp3) is 0.0526. The lowest BCUT2D eigenvalue weighted by atomic mass is 9.89. The predicted molar refractivity (Wildman–Crippen MR) is 254 cm³/mol. The molecule has 3 heterocycles. The van der Waals surface area contributed by atoms with E-state index in [0.29, 0.717) is 0 Å². The van der Waals surface area contributed by atoms with Crippen LogP contribution in [-0.4, -0.2) is 14.5 Å². The van der Waals surface area contributed by atoms with Gasteiger partial charge in [-0.2, -0.15) is 0 Å². The molecule has 0 bridgehead atoms. The number of rotatable bonds is 4. The Morgan fingerprint density at radius 3 is 2.08 bits per heavy atom. The first kappa shape index (κ1) is 34.6. The largest absolute Gasteiger partial charge is 0.309 e. The highest BCUT2D eigenvalue weighted by molar-refractivity contribution is 7.99. The van der Waals surface area contributed by atoms with E-state index in [1.807, 2.05) is 11.8 Å². The van der Waals surface area contributed by atoms with Gasteiger partial charge in [-0.1, -0.05) is 151 Å². The zero-order valence-electron chi connectivity index (χ0n) is 33.2. The number of aryl methyl sites for hydroxylation is 1. The van der Waals surface area contributed by atoms with Gasteiger partial charge in [0.1, 0.15) is 5.82 Å². The molecule has 0 fully saturated rings. The van der Waals surface area contributed by atoms with Gasteiger partial charge in [0.25, 0.3) is 0 Å². The van der Waals surface area contributed by atoms with Gasteiger partial charge in [-0.15, -0.1) is 0 Å². The van der Waals surface area contributed by atoms with E-state index in [1.54, 1.807) is 0 Å². The Morgan fingerprint density at radius 1 is 0.459 bits per heavy atom. The van der Waals surface area contributed by atoms with Crippen LogP contribution in [0.5, 0.6) is 0 Å². The second kappa shape index (κ2) is 13.6. The third-order valence-corrected chi connectivity index (χ3v) is 14.1. The molecule has 9 aromatic carbocycles. The molecule has 2 aliphatic rings. The normalized spacial score (nSPS) is 14.2. The predicted octanol–water partition coefficient (Wildman–Crippen LogP) is 15.1. The molecule has 11 aromatic rings. The molecule has 4 heteroatoms. The Labute approximate surface area is 358 Å². The molecule has 0 N–H and O–H groups in total. The first-order valence-electron chi connectivity index (χ1n) is 21.2. The van der Waals surface area contributed by atoms with Crippen molar-refractivity contribution in [1.82, 2.24) is 14.5 Å². The lowest BCUT2D eigenvalue weighted by molar-refractivity contribution is 0.685. The smallest absolute Gasteiger partial charge is 0.137 e. The fourth-order valence-electron chi connectivity index (χ4n) is 10.2. The molecule has 13 rings (SSSR count). The van der Waals surface area contributed by atoms with Crippen molar-refractivity contribution in [3.05, 3.63) is 211 Å². The highest BCUT2D eigenvalue weighted by atomic mass is 32.2. The summed E-state index contributed by atoms with van der Waals surface area (Å²) in [6.45, 7) is 0. The first-order valence-corrected chi connectivity index (χ1v) is 22.0. The van der Waals surface area contributed by atoms with Gasteiger partial charge in [0.2, 0.25) is 0 Å². The standard InChI is InChI=1S/C57H37N3S/c1-3-14-36(15-4-1)56-44-21-9-11-23-49(44)58-57(59-56)43-30-28-35-26-27-37(32-46(35)41-19-8-7-18-40(41)43)38-29-31-50-48(33-38)54-45-22-13-25-53-55(45)47(42-20-10-12-24-52(42)61-53)34-51(54)60(50)39-16-5-2-6-17-39/h1-27,29,31-34,43H,28,30H2. The monoisotopic (exact) mass is 795 g/mol. The van der Waals surface area contributed by atoms with Gasteiger partial charge >= 0.3 is 0 Å². The number of nitrogens with zero attached hydrogens (tertiary/aromatic N) is 3. The summed E-state index contributed by atoms with van der Waals surface area (Å²) >= 11 is 1.89. The summed E-state index contributed by atoms with van der Waals surface area (Å²) in [6, 6.07) is 71.2. The molecular formula is C57H37N3S. The molecule has 0 spiro atoms. The Hall–Kier alpha value is -7.27. The average molecular weight is 796 g/mol. The maximum atomic E-state index is 5.38. The first-order chi connectivity index (χ1) is 30.2. The maximum Gasteiger partial charge on any atom is 0.137 e. The molecule has 0 radical (unpaired) electrons. The van der Waals surface area contributed by atoms with E-state index in [-0.39, 0.29) is 5.92 Å². The quantitative estimate of drug-likeness (QED) is 0.178. The molecule has 1 aliphatic carbocycles. The van der Waals surface area contributed by atoms with Crippen LogP contribution < -0.4 is 0 Å². The van der Waals surface area contributed by atoms with E-state index < -0.39 is 0 Å². The molecule has 1 atom stereocenters. The number of benzene rings is 9. The van der Waals surface area contributed by atoms with Gasteiger partial charge < -0.3 is 4.57 Å². The molecule has 0 saturated carbocycles. The van der Waals surface area contributed by atoms with E-state index in [0.717, 1.165) is 40.8 Å². The van der Waals surface area contributed by atoms with E-state index in [9.17, 15) is 0 Å². The zero-order valence-corrected chi connectivity index (χ0v) is 34.0. The topological polar surface area (TPSA) is 30.7 Å². The van der Waals surface area contributed by atoms with E-state index in [4.69, 9.17) is 9.97 Å². The van der Waals surface area contributed by atoms with Crippen molar-refractivity contribution < 1.29 is 0 Å². The SMILES string of the molecule is c1ccc(-c2nc(C3CCc4ccc(-c5ccc6c(c5)c5c7cccc8c7c(cc5n6-c5ccccc5)-c5ccccc5S8)cc4-c4ccccc43)nc3ccccc23)cc1. The van der Waals surface area contributed by atoms with Crippen molar-refractivity contribution in [2.75, 3.05) is 0 Å². The van der Waals surface area contributed by atoms with E-state index in [1.165, 1.54) is 92.6 Å². The minimum atomic E-state index is 0.0552. The Morgan fingerprint density at radius 2 is 1.18 bits per heavy atom. The number of hydrogen-bond acceptors (Lipinski definition) is 3. The van der Waals surface area contributed by atoms with Crippen LogP contribution in [0.15, 0.2) is 204 Å². The van der Waals surface area contributed by atoms with Crippen LogP contribution in [0.3, 0.4) is 0 Å². The number of fused-ring (bicyclic) bond motifs is 10. The molecule has 286 valence electrons. The van der Waals surface area contributed by atoms with Crippen LogP contribution in [0.25, 0.3) is 93.8 Å². The second-order valence-electron chi connectivity index (χ2n) is 16.4. The molecule has 3 nitrogen and oxygen atoms in total. The maximum absolute atomic E-state index is 5.38. The van der Waals surface area contributed by atoms with Crippen molar-refractivity contribution in [2.24, 2.45) is 0 Å². The van der Waals surface area contributed by atoms with Crippen LogP contribution in [0.2, 0.25) is 0 Å². The summed E-state index contributed by atoms with van der Waals surface area (Å²) < 4.78 is 2.47. The number of hydrogen-bond donors (Lipinski definition) is 0. The molecule has 2 aromatic heterocycles. The van der Waals surface area contributed by atoms with E-state index in [2.05, 4.69) is 199 Å². The summed E-state index contributed by atoms with van der Waals surface area (Å²) in [5.74, 6) is 0.943. The minimum Gasteiger partial charge on any atom is -0.309 e. The molecule has 1 aliphatic heterocycles. The van der Waals surface area contributed by atoms with Crippen LogP contribution in [0.1, 0.15) is 29.3 Å². The summed E-state index contributed by atoms with van der Waals surface area (Å²) in [5.41, 5.74) is 16.9. The van der Waals surface area contributed by atoms with Gasteiger partial charge in [0.15, 0.2) is 0 Å². The summed E-state index contributed by atoms with van der Waals surface area (Å²) in [4.78, 5) is 13.3. The van der Waals surface area contributed by atoms with E-state index >= 15 is 0 Å². The molecule has 0 amide bonds. The number of para-hydroxylation sites is 2. The lowest BCUT2D eigenvalue weighted by Gasteiger charge is -2.21. The minimum absolute atomic E-state index is 0.0552.